The lowest BCUT2D eigenvalue weighted by molar-refractivity contribution is -0.112. The van der Waals surface area contributed by atoms with Gasteiger partial charge in [0.2, 0.25) is 0 Å². The first-order chi connectivity index (χ1) is 14.1. The van der Waals surface area contributed by atoms with Crippen LogP contribution in [0.3, 0.4) is 0 Å². The van der Waals surface area contributed by atoms with E-state index in [2.05, 4.69) is 10.6 Å². The number of nitrogens with one attached hydrogen (secondary N) is 2. The Labute approximate surface area is 171 Å². The van der Waals surface area contributed by atoms with Crippen molar-refractivity contribution >= 4 is 23.2 Å². The molecule has 0 bridgehead atoms. The number of nitriles is 1. The molecule has 30 heavy (non-hydrogen) atoms. The molecular weight excluding hydrogens is 396 g/mol. The minimum Gasteiger partial charge on any atom is -0.511 e. The molecule has 0 atom stereocenters. The lowest BCUT2D eigenvalue weighted by Crippen LogP contribution is -2.19. The number of benzene rings is 2. The number of carbonyl (C=O) groups is 2. The monoisotopic (exact) mass is 415 g/mol. The molecule has 2 aromatic rings. The maximum atomic E-state index is 14.6. The minimum absolute atomic E-state index is 0.0428. The first-order valence-electron chi connectivity index (χ1n) is 8.80. The quantitative estimate of drug-likeness (QED) is 0.370. The van der Waals surface area contributed by atoms with Crippen LogP contribution in [0.2, 0.25) is 0 Å². The van der Waals surface area contributed by atoms with Crippen LogP contribution >= 0.6 is 0 Å². The summed E-state index contributed by atoms with van der Waals surface area (Å²) in [7, 11) is 0. The summed E-state index contributed by atoms with van der Waals surface area (Å²) >= 11 is 0. The Kier molecular flexibility index (Phi) is 7.09. The SMILES string of the molecule is C/C(O)=C(\C#N)C(=O)Nc1cc(OC(C)C)c(C(=O)Nc2cccc(F)c2)cc1F. The molecule has 9 heteroatoms. The predicted octanol–water partition coefficient (Wildman–Crippen LogP) is 4.30. The number of rotatable bonds is 6. The molecule has 0 aromatic heterocycles. The molecule has 0 saturated heterocycles. The topological polar surface area (TPSA) is 111 Å². The van der Waals surface area contributed by atoms with Crippen LogP contribution in [0, 0.1) is 23.0 Å². The van der Waals surface area contributed by atoms with Crippen LogP contribution in [0.1, 0.15) is 31.1 Å². The van der Waals surface area contributed by atoms with Gasteiger partial charge in [-0.2, -0.15) is 5.26 Å². The van der Waals surface area contributed by atoms with E-state index < -0.39 is 40.9 Å². The largest absolute Gasteiger partial charge is 0.511 e. The zero-order chi connectivity index (χ0) is 22.4. The molecule has 7 nitrogen and oxygen atoms in total. The van der Waals surface area contributed by atoms with Crippen LogP contribution in [0.25, 0.3) is 0 Å². The van der Waals surface area contributed by atoms with Crippen LogP contribution in [0.4, 0.5) is 20.2 Å². The van der Waals surface area contributed by atoms with E-state index >= 15 is 0 Å². The molecule has 0 radical (unpaired) electrons. The third kappa shape index (κ3) is 5.54. The number of hydrogen-bond acceptors (Lipinski definition) is 5. The van der Waals surface area contributed by atoms with E-state index in [0.29, 0.717) is 0 Å². The summed E-state index contributed by atoms with van der Waals surface area (Å²) in [6.07, 6.45) is -0.394. The lowest BCUT2D eigenvalue weighted by Gasteiger charge is -2.17. The summed E-state index contributed by atoms with van der Waals surface area (Å²) in [5.74, 6) is -3.88. The van der Waals surface area contributed by atoms with Crippen LogP contribution in [0.15, 0.2) is 47.7 Å². The number of anilines is 2. The fourth-order valence-electron chi connectivity index (χ4n) is 2.42. The van der Waals surface area contributed by atoms with Crippen molar-refractivity contribution in [1.29, 1.82) is 5.26 Å². The highest BCUT2D eigenvalue weighted by Gasteiger charge is 2.21. The van der Waals surface area contributed by atoms with Gasteiger partial charge < -0.3 is 20.5 Å². The van der Waals surface area contributed by atoms with Crippen molar-refractivity contribution in [2.75, 3.05) is 10.6 Å². The van der Waals surface area contributed by atoms with E-state index in [1.165, 1.54) is 24.3 Å². The number of aliphatic hydroxyl groups excluding tert-OH is 1. The molecule has 0 aliphatic rings. The summed E-state index contributed by atoms with van der Waals surface area (Å²) in [6.45, 7) is 4.50. The molecule has 0 unspecified atom stereocenters. The Balaban J connectivity index is 2.41. The smallest absolute Gasteiger partial charge is 0.269 e. The fourth-order valence-corrected chi connectivity index (χ4v) is 2.42. The fraction of sp³-hybridized carbons (Fsp3) is 0.190. The van der Waals surface area contributed by atoms with Gasteiger partial charge in [-0.1, -0.05) is 6.07 Å². The van der Waals surface area contributed by atoms with Crippen LogP contribution in [0.5, 0.6) is 5.75 Å². The zero-order valence-electron chi connectivity index (χ0n) is 16.4. The highest BCUT2D eigenvalue weighted by atomic mass is 19.1. The van der Waals surface area contributed by atoms with Gasteiger partial charge in [0, 0.05) is 11.8 Å². The molecule has 2 rings (SSSR count). The zero-order valence-corrected chi connectivity index (χ0v) is 16.4. The molecule has 0 fully saturated rings. The van der Waals surface area contributed by atoms with Crippen molar-refractivity contribution in [2.45, 2.75) is 26.9 Å². The van der Waals surface area contributed by atoms with Crippen molar-refractivity contribution in [3.8, 4) is 11.8 Å². The van der Waals surface area contributed by atoms with Crippen molar-refractivity contribution in [2.24, 2.45) is 0 Å². The van der Waals surface area contributed by atoms with Gasteiger partial charge in [-0.05, 0) is 45.0 Å². The molecule has 2 aromatic carbocycles. The molecule has 0 aliphatic heterocycles. The molecule has 0 spiro atoms. The minimum atomic E-state index is -1.02. The summed E-state index contributed by atoms with van der Waals surface area (Å²) in [5, 5.41) is 22.9. The number of halogens is 2. The molecule has 156 valence electrons. The molecule has 0 aliphatic carbocycles. The number of allylic oxidation sites excluding steroid dienone is 1. The van der Waals surface area contributed by atoms with Gasteiger partial charge in [0.15, 0.2) is 5.57 Å². The average molecular weight is 415 g/mol. The highest BCUT2D eigenvalue weighted by molar-refractivity contribution is 6.09. The van der Waals surface area contributed by atoms with E-state index in [-0.39, 0.29) is 22.7 Å². The van der Waals surface area contributed by atoms with E-state index in [0.717, 1.165) is 25.1 Å². The number of hydrogen-bond donors (Lipinski definition) is 3. The molecule has 2 amide bonds. The first kappa shape index (κ1) is 22.4. The second-order valence-corrected chi connectivity index (χ2v) is 6.49. The normalized spacial score (nSPS) is 11.4. The average Bonchev–Trinajstić information content (AvgIpc) is 2.63. The van der Waals surface area contributed by atoms with Crippen molar-refractivity contribution in [3.63, 3.8) is 0 Å². The molecule has 0 saturated carbocycles. The first-order valence-corrected chi connectivity index (χ1v) is 8.80. The Bertz CT molecular complexity index is 1050. The summed E-state index contributed by atoms with van der Waals surface area (Å²) in [5.41, 5.74) is -0.964. The Hall–Kier alpha value is -3.93. The highest BCUT2D eigenvalue weighted by Crippen LogP contribution is 2.29. The number of amides is 2. The number of carbonyl (C=O) groups excluding carboxylic acids is 2. The van der Waals surface area contributed by atoms with Crippen LogP contribution in [-0.2, 0) is 4.79 Å². The third-order valence-corrected chi connectivity index (χ3v) is 3.71. The lowest BCUT2D eigenvalue weighted by atomic mass is 10.1. The number of ether oxygens (including phenoxy) is 1. The summed E-state index contributed by atoms with van der Waals surface area (Å²) < 4.78 is 33.5. The van der Waals surface area contributed by atoms with Gasteiger partial charge in [0.05, 0.1) is 17.4 Å². The van der Waals surface area contributed by atoms with Crippen LogP contribution < -0.4 is 15.4 Å². The Morgan fingerprint density at radius 1 is 1.17 bits per heavy atom. The van der Waals surface area contributed by atoms with E-state index in [1.54, 1.807) is 13.8 Å². The Morgan fingerprint density at radius 3 is 2.43 bits per heavy atom. The van der Waals surface area contributed by atoms with Gasteiger partial charge in [0.25, 0.3) is 11.8 Å². The van der Waals surface area contributed by atoms with Gasteiger partial charge in [0.1, 0.15) is 29.2 Å². The molecular formula is C21H19F2N3O4. The number of aliphatic hydroxyl groups is 1. The molecule has 0 heterocycles. The van der Waals surface area contributed by atoms with Crippen molar-refractivity contribution < 1.29 is 28.2 Å². The van der Waals surface area contributed by atoms with Gasteiger partial charge in [-0.15, -0.1) is 0 Å². The summed E-state index contributed by atoms with van der Waals surface area (Å²) in [6, 6.07) is 8.63. The van der Waals surface area contributed by atoms with Crippen molar-refractivity contribution in [1.82, 2.24) is 0 Å². The van der Waals surface area contributed by atoms with Gasteiger partial charge >= 0.3 is 0 Å². The molecule has 3 N–H and O–H groups in total. The maximum Gasteiger partial charge on any atom is 0.269 e. The Morgan fingerprint density at radius 2 is 1.87 bits per heavy atom. The van der Waals surface area contributed by atoms with Gasteiger partial charge in [-0.25, -0.2) is 8.78 Å². The van der Waals surface area contributed by atoms with Crippen LogP contribution in [-0.4, -0.2) is 23.0 Å². The van der Waals surface area contributed by atoms with Crippen molar-refractivity contribution in [3.05, 3.63) is 64.9 Å². The van der Waals surface area contributed by atoms with E-state index in [4.69, 9.17) is 10.00 Å². The second kappa shape index (κ2) is 9.52. The summed E-state index contributed by atoms with van der Waals surface area (Å²) in [4.78, 5) is 24.7. The maximum absolute atomic E-state index is 14.6. The van der Waals surface area contributed by atoms with E-state index in [9.17, 15) is 23.5 Å². The standard InChI is InChI=1S/C21H19F2N3O4/c1-11(2)30-19-9-18(26-21(29)16(10-24)12(3)27)17(23)8-15(19)20(28)25-14-6-4-5-13(22)7-14/h4-9,11,27H,1-3H3,(H,25,28)(H,26,29)/b16-12-. The third-order valence-electron chi connectivity index (χ3n) is 3.71. The number of nitrogens with zero attached hydrogens (tertiary/aromatic N) is 1. The second-order valence-electron chi connectivity index (χ2n) is 6.49. The van der Waals surface area contributed by atoms with E-state index in [1.807, 2.05) is 0 Å². The van der Waals surface area contributed by atoms with Gasteiger partial charge in [-0.3, -0.25) is 9.59 Å². The predicted molar refractivity (Wildman–Crippen MR) is 106 cm³/mol.